The van der Waals surface area contributed by atoms with Gasteiger partial charge in [0.2, 0.25) is 0 Å². The van der Waals surface area contributed by atoms with Gasteiger partial charge in [-0.05, 0) is 37.0 Å². The van der Waals surface area contributed by atoms with Crippen molar-refractivity contribution in [3.05, 3.63) is 41.2 Å². The van der Waals surface area contributed by atoms with Crippen molar-refractivity contribution >= 4 is 35.3 Å². The van der Waals surface area contributed by atoms with Crippen LogP contribution in [0.15, 0.2) is 29.6 Å². The second kappa shape index (κ2) is 9.05. The summed E-state index contributed by atoms with van der Waals surface area (Å²) in [5.41, 5.74) is 3.94. The number of aryl methyl sites for hydroxylation is 1. The van der Waals surface area contributed by atoms with Crippen molar-refractivity contribution in [2.45, 2.75) is 32.2 Å². The van der Waals surface area contributed by atoms with E-state index in [2.05, 4.69) is 15.0 Å². The molecule has 0 saturated heterocycles. The van der Waals surface area contributed by atoms with Gasteiger partial charge in [0.05, 0.1) is 36.5 Å². The Balaban J connectivity index is 0.00000169. The largest absolute Gasteiger partial charge is 0.497 e. The first-order valence-electron chi connectivity index (χ1n) is 7.39. The van der Waals surface area contributed by atoms with E-state index in [-0.39, 0.29) is 26.7 Å². The maximum Gasteiger partial charge on any atom is 0.128 e. The summed E-state index contributed by atoms with van der Waals surface area (Å²) in [6.07, 6.45) is 1.73. The highest BCUT2D eigenvalue weighted by atomic mass is 32.2. The molecule has 2 heterocycles. The number of benzene rings is 1. The number of hydrogen-bond donors (Lipinski definition) is 0. The lowest BCUT2D eigenvalue weighted by atomic mass is 10.1. The van der Waals surface area contributed by atoms with Crippen LogP contribution in [-0.4, -0.2) is 28.4 Å². The molecule has 2 aromatic heterocycles. The van der Waals surface area contributed by atoms with E-state index in [9.17, 15) is 4.21 Å². The van der Waals surface area contributed by atoms with Crippen LogP contribution in [0.4, 0.5) is 0 Å². The lowest BCUT2D eigenvalue weighted by molar-refractivity contribution is 0.407. The average molecular weight is 395 g/mol. The van der Waals surface area contributed by atoms with E-state index in [0.717, 1.165) is 22.6 Å². The predicted molar refractivity (Wildman–Crippen MR) is 109 cm³/mol. The molecule has 0 radical (unpaired) electrons. The van der Waals surface area contributed by atoms with Gasteiger partial charge in [0.1, 0.15) is 11.5 Å². The van der Waals surface area contributed by atoms with Crippen molar-refractivity contribution in [2.75, 3.05) is 14.2 Å². The molecule has 8 heteroatoms. The maximum atomic E-state index is 12.6. The molecule has 142 valence electrons. The van der Waals surface area contributed by atoms with Crippen LogP contribution in [0.1, 0.15) is 24.2 Å². The fourth-order valence-electron chi connectivity index (χ4n) is 2.55. The number of rotatable bonds is 5. The minimum Gasteiger partial charge on any atom is -0.497 e. The van der Waals surface area contributed by atoms with Crippen molar-refractivity contribution in [1.29, 1.82) is 0 Å². The van der Waals surface area contributed by atoms with E-state index in [1.807, 2.05) is 13.8 Å². The second-order valence-corrected chi connectivity index (χ2v) is 6.74. The van der Waals surface area contributed by atoms with Gasteiger partial charge in [0, 0.05) is 22.5 Å². The normalized spacial score (nSPS) is 11.4. The first-order chi connectivity index (χ1) is 11.5. The van der Waals surface area contributed by atoms with Crippen LogP contribution in [-0.2, 0) is 16.6 Å². The third-order valence-electron chi connectivity index (χ3n) is 3.84. The van der Waals surface area contributed by atoms with Crippen LogP contribution < -0.4 is 14.5 Å². The Hall–Kier alpha value is -2.06. The molecule has 0 saturated carbocycles. The van der Waals surface area contributed by atoms with Crippen LogP contribution in [0.2, 0.25) is 0 Å². The van der Waals surface area contributed by atoms with Crippen LogP contribution in [0.3, 0.4) is 0 Å². The zero-order valence-corrected chi connectivity index (χ0v) is 16.3. The van der Waals surface area contributed by atoms with Gasteiger partial charge in [-0.3, -0.25) is 9.19 Å². The first kappa shape index (κ1) is 22.0. The van der Waals surface area contributed by atoms with E-state index in [1.54, 1.807) is 38.6 Å². The Kier molecular flexibility index (Phi) is 7.65. The number of fused-ring (bicyclic) bond motifs is 1. The lowest BCUT2D eigenvalue weighted by Gasteiger charge is -2.12. The van der Waals surface area contributed by atoms with Gasteiger partial charge in [-0.15, -0.1) is 0 Å². The highest BCUT2D eigenvalue weighted by Gasteiger charge is 2.12. The summed E-state index contributed by atoms with van der Waals surface area (Å²) in [7, 11) is 1.83. The van der Waals surface area contributed by atoms with E-state index in [4.69, 9.17) is 9.47 Å². The molecule has 0 amide bonds. The number of hydrogen-bond acceptors (Lipinski definition) is 5. The van der Waals surface area contributed by atoms with E-state index in [1.165, 1.54) is 0 Å². The number of ether oxygens (including phenoxy) is 2. The van der Waals surface area contributed by atoms with Crippen molar-refractivity contribution < 1.29 is 13.7 Å². The highest BCUT2D eigenvalue weighted by Crippen LogP contribution is 2.26. The SMILES string of the molecule is C.COc1ccc2[n-]c([S@@](=O)Cc3ncc(C)c(OC)c3C)nc2c1.S. The highest BCUT2D eigenvalue weighted by molar-refractivity contribution is 7.84. The van der Waals surface area contributed by atoms with Crippen LogP contribution >= 0.6 is 13.5 Å². The summed E-state index contributed by atoms with van der Waals surface area (Å²) in [6.45, 7) is 3.85. The van der Waals surface area contributed by atoms with Crippen LogP contribution in [0.5, 0.6) is 11.5 Å². The second-order valence-electron chi connectivity index (χ2n) is 5.40. The Labute approximate surface area is 163 Å². The molecule has 0 spiro atoms. The predicted octanol–water partition coefficient (Wildman–Crippen LogP) is 3.28. The van der Waals surface area contributed by atoms with Gasteiger partial charge >= 0.3 is 0 Å². The number of nitrogens with zero attached hydrogens (tertiary/aromatic N) is 3. The van der Waals surface area contributed by atoms with E-state index in [0.29, 0.717) is 21.9 Å². The van der Waals surface area contributed by atoms with Gasteiger partial charge in [-0.2, -0.15) is 13.5 Å². The topological polar surface area (TPSA) is 75.4 Å². The molecule has 0 N–H and O–H groups in total. The Morgan fingerprint density at radius 3 is 2.58 bits per heavy atom. The molecular weight excluding hydrogens is 370 g/mol. The van der Waals surface area contributed by atoms with Gasteiger partial charge in [0.15, 0.2) is 0 Å². The molecular formula is C18H24N3O3S2-. The Morgan fingerprint density at radius 1 is 1.19 bits per heavy atom. The summed E-state index contributed by atoms with van der Waals surface area (Å²) in [5, 5.41) is 0.305. The van der Waals surface area contributed by atoms with E-state index < -0.39 is 10.8 Å². The fraction of sp³-hybridized carbons (Fsp3) is 0.333. The van der Waals surface area contributed by atoms with E-state index >= 15 is 0 Å². The molecule has 6 nitrogen and oxygen atoms in total. The zero-order valence-electron chi connectivity index (χ0n) is 14.5. The van der Waals surface area contributed by atoms with Crippen molar-refractivity contribution in [3.63, 3.8) is 0 Å². The minimum atomic E-state index is -1.38. The van der Waals surface area contributed by atoms with Gasteiger partial charge in [-0.25, -0.2) is 0 Å². The van der Waals surface area contributed by atoms with Crippen molar-refractivity contribution in [2.24, 2.45) is 0 Å². The molecule has 0 unspecified atom stereocenters. The summed E-state index contributed by atoms with van der Waals surface area (Å²) < 4.78 is 23.2. The van der Waals surface area contributed by atoms with Crippen LogP contribution in [0, 0.1) is 13.8 Å². The van der Waals surface area contributed by atoms with Crippen molar-refractivity contribution in [3.8, 4) is 11.5 Å². The molecule has 0 aliphatic heterocycles. The Morgan fingerprint density at radius 2 is 1.92 bits per heavy atom. The molecule has 26 heavy (non-hydrogen) atoms. The summed E-state index contributed by atoms with van der Waals surface area (Å²) in [4.78, 5) is 13.1. The number of imidazole rings is 1. The average Bonchev–Trinajstić information content (AvgIpc) is 3.01. The minimum absolute atomic E-state index is 0. The number of aromatic nitrogens is 3. The third-order valence-corrected chi connectivity index (χ3v) is 4.96. The smallest absolute Gasteiger partial charge is 0.128 e. The summed E-state index contributed by atoms with van der Waals surface area (Å²) in [6, 6.07) is 5.39. The molecule has 1 aromatic carbocycles. The summed E-state index contributed by atoms with van der Waals surface area (Å²) >= 11 is 0. The zero-order chi connectivity index (χ0) is 17.3. The Bertz CT molecular complexity index is 925. The molecule has 3 aromatic rings. The molecule has 0 fully saturated rings. The lowest BCUT2D eigenvalue weighted by Crippen LogP contribution is -2.05. The monoisotopic (exact) mass is 394 g/mol. The van der Waals surface area contributed by atoms with Gasteiger partial charge in [-0.1, -0.05) is 13.5 Å². The fourth-order valence-corrected chi connectivity index (χ4v) is 3.62. The quantitative estimate of drug-likeness (QED) is 0.661. The third kappa shape index (κ3) is 4.19. The van der Waals surface area contributed by atoms with Crippen molar-refractivity contribution in [1.82, 2.24) is 15.0 Å². The first-order valence-corrected chi connectivity index (χ1v) is 8.71. The summed E-state index contributed by atoms with van der Waals surface area (Å²) in [5.74, 6) is 1.71. The van der Waals surface area contributed by atoms with Crippen LogP contribution in [0.25, 0.3) is 11.0 Å². The number of pyridine rings is 1. The molecule has 3 rings (SSSR count). The molecule has 0 bridgehead atoms. The molecule has 1 atom stereocenters. The molecule has 0 aliphatic rings. The standard InChI is InChI=1S/C17H18N3O3S.CH4.H2S/c1-10-8-18-15(11(2)16(10)23-4)9-24(21)17-19-13-6-5-12(22-3)7-14(13)20-17;;/h5-8H,9H2,1-4H3;1H4;1H2/q-1;;/t24-;;/m0../s1. The molecule has 0 aliphatic carbocycles. The van der Waals surface area contributed by atoms with Gasteiger partial charge in [0.25, 0.3) is 0 Å². The number of methoxy groups -OCH3 is 2. The van der Waals surface area contributed by atoms with Gasteiger partial charge < -0.3 is 19.4 Å². The maximum absolute atomic E-state index is 12.6.